The van der Waals surface area contributed by atoms with Crippen LogP contribution in [-0.4, -0.2) is 16.5 Å². The van der Waals surface area contributed by atoms with Gasteiger partial charge in [0.05, 0.1) is 14.6 Å². The van der Waals surface area contributed by atoms with Gasteiger partial charge in [-0.2, -0.15) is 0 Å². The predicted molar refractivity (Wildman–Crippen MR) is 89.2 cm³/mol. The van der Waals surface area contributed by atoms with Crippen molar-refractivity contribution in [2.45, 2.75) is 10.3 Å². The maximum absolute atomic E-state index is 5.93. The molecule has 0 spiro atoms. The van der Waals surface area contributed by atoms with Crippen molar-refractivity contribution < 1.29 is 0 Å². The van der Waals surface area contributed by atoms with Gasteiger partial charge in [-0.25, -0.2) is 9.97 Å². The van der Waals surface area contributed by atoms with E-state index in [1.54, 1.807) is 29.4 Å². The fraction of sp³-hybridized carbons (Fsp3) is 0.143. The Hall–Kier alpha value is -0.950. The van der Waals surface area contributed by atoms with Crippen molar-refractivity contribution in [1.82, 2.24) is 9.97 Å². The first-order valence-corrected chi connectivity index (χ1v) is 8.58. The van der Waals surface area contributed by atoms with Crippen molar-refractivity contribution in [2.24, 2.45) is 5.73 Å². The van der Waals surface area contributed by atoms with E-state index in [0.29, 0.717) is 6.54 Å². The number of halogens is 1. The molecule has 2 aromatic heterocycles. The minimum absolute atomic E-state index is 0.213. The topological polar surface area (TPSA) is 51.8 Å². The Morgan fingerprint density at radius 2 is 2.05 bits per heavy atom. The van der Waals surface area contributed by atoms with Crippen LogP contribution in [0.15, 0.2) is 51.5 Å². The van der Waals surface area contributed by atoms with E-state index in [4.69, 9.17) is 5.73 Å². The lowest BCUT2D eigenvalue weighted by Gasteiger charge is -2.13. The van der Waals surface area contributed by atoms with Gasteiger partial charge in [-0.1, -0.05) is 30.0 Å². The van der Waals surface area contributed by atoms with E-state index < -0.39 is 0 Å². The van der Waals surface area contributed by atoms with Gasteiger partial charge in [0.25, 0.3) is 0 Å². The van der Waals surface area contributed by atoms with Crippen LogP contribution in [-0.2, 0) is 0 Å². The summed E-state index contributed by atoms with van der Waals surface area (Å²) in [4.78, 5) is 9.96. The van der Waals surface area contributed by atoms with Gasteiger partial charge in [-0.3, -0.25) is 0 Å². The van der Waals surface area contributed by atoms with Gasteiger partial charge in [-0.15, -0.1) is 11.3 Å². The van der Waals surface area contributed by atoms with Crippen LogP contribution < -0.4 is 5.73 Å². The average molecular weight is 366 g/mol. The Bertz CT molecular complexity index is 724. The number of aromatic nitrogens is 2. The molecule has 1 unspecified atom stereocenters. The van der Waals surface area contributed by atoms with E-state index >= 15 is 0 Å². The first kappa shape index (κ1) is 14.0. The fourth-order valence-electron chi connectivity index (χ4n) is 1.93. The lowest BCUT2D eigenvalue weighted by molar-refractivity contribution is 0.953. The summed E-state index contributed by atoms with van der Waals surface area (Å²) in [6.07, 6.45) is 1.61. The third kappa shape index (κ3) is 2.88. The van der Waals surface area contributed by atoms with Gasteiger partial charge in [0.15, 0.2) is 0 Å². The molecule has 0 amide bonds. The molecular weight excluding hydrogens is 354 g/mol. The third-order valence-corrected chi connectivity index (χ3v) is 6.05. The number of benzene rings is 1. The molecule has 0 bridgehead atoms. The lowest BCUT2D eigenvalue weighted by atomic mass is 10.2. The van der Waals surface area contributed by atoms with Crippen molar-refractivity contribution >= 4 is 49.9 Å². The highest BCUT2D eigenvalue weighted by Gasteiger charge is 2.16. The summed E-state index contributed by atoms with van der Waals surface area (Å²) in [7, 11) is 0. The maximum Gasteiger partial charge on any atom is 0.117 e. The lowest BCUT2D eigenvalue weighted by Crippen LogP contribution is -2.08. The number of hydrogen-bond acceptors (Lipinski definition) is 5. The molecule has 0 aliphatic heterocycles. The molecule has 3 aromatic rings. The van der Waals surface area contributed by atoms with Gasteiger partial charge in [0.1, 0.15) is 11.4 Å². The van der Waals surface area contributed by atoms with Gasteiger partial charge in [0, 0.05) is 16.8 Å². The summed E-state index contributed by atoms with van der Waals surface area (Å²) in [5, 5.41) is 2.27. The van der Waals surface area contributed by atoms with Gasteiger partial charge in [-0.05, 0) is 34.1 Å². The molecule has 0 aliphatic carbocycles. The summed E-state index contributed by atoms with van der Waals surface area (Å²) >= 11 is 6.91. The first-order valence-electron chi connectivity index (χ1n) is 6.09. The minimum Gasteiger partial charge on any atom is -0.329 e. The van der Waals surface area contributed by atoms with Gasteiger partial charge < -0.3 is 5.73 Å². The largest absolute Gasteiger partial charge is 0.329 e. The van der Waals surface area contributed by atoms with Crippen LogP contribution in [0.25, 0.3) is 10.9 Å². The van der Waals surface area contributed by atoms with E-state index in [0.717, 1.165) is 19.7 Å². The van der Waals surface area contributed by atoms with Crippen LogP contribution in [0.5, 0.6) is 0 Å². The number of thiophene rings is 1. The average Bonchev–Trinajstić information content (AvgIpc) is 2.91. The molecule has 0 fully saturated rings. The van der Waals surface area contributed by atoms with Crippen LogP contribution in [0.4, 0.5) is 0 Å². The molecule has 3 nitrogen and oxygen atoms in total. The van der Waals surface area contributed by atoms with Crippen molar-refractivity contribution in [2.75, 3.05) is 6.54 Å². The highest BCUT2D eigenvalue weighted by molar-refractivity contribution is 9.11. The molecule has 0 aliphatic rings. The van der Waals surface area contributed by atoms with E-state index in [9.17, 15) is 0 Å². The Morgan fingerprint density at radius 1 is 1.20 bits per heavy atom. The SMILES string of the molecule is NCC(Sc1ncnc2ccccc12)c1ccc(Br)s1. The predicted octanol–water partition coefficient (Wildman–Crippen LogP) is 4.25. The van der Waals surface area contributed by atoms with Crippen molar-refractivity contribution in [1.29, 1.82) is 0 Å². The molecule has 0 saturated carbocycles. The molecule has 2 heterocycles. The number of nitrogens with zero attached hydrogens (tertiary/aromatic N) is 2. The van der Waals surface area contributed by atoms with Crippen molar-refractivity contribution in [3.05, 3.63) is 51.4 Å². The van der Waals surface area contributed by atoms with Crippen molar-refractivity contribution in [3.63, 3.8) is 0 Å². The smallest absolute Gasteiger partial charge is 0.117 e. The normalized spacial score (nSPS) is 12.7. The monoisotopic (exact) mass is 365 g/mol. The Morgan fingerprint density at radius 3 is 2.80 bits per heavy atom. The molecule has 1 atom stereocenters. The number of para-hydroxylation sites is 1. The zero-order chi connectivity index (χ0) is 13.9. The first-order chi connectivity index (χ1) is 9.78. The standard InChI is InChI=1S/C14H12BrN3S2/c15-13-6-5-11(19-13)12(7-16)20-14-9-3-1-2-4-10(9)17-8-18-14/h1-6,8,12H,7,16H2. The summed E-state index contributed by atoms with van der Waals surface area (Å²) in [5.74, 6) is 0. The van der Waals surface area contributed by atoms with Crippen LogP contribution >= 0.6 is 39.0 Å². The molecule has 6 heteroatoms. The van der Waals surface area contributed by atoms with Gasteiger partial charge in [0.2, 0.25) is 0 Å². The molecule has 3 rings (SSSR count). The van der Waals surface area contributed by atoms with E-state index in [1.807, 2.05) is 18.2 Å². The molecule has 0 radical (unpaired) electrons. The highest BCUT2D eigenvalue weighted by Crippen LogP contribution is 2.40. The van der Waals surface area contributed by atoms with Crippen LogP contribution in [0.3, 0.4) is 0 Å². The van der Waals surface area contributed by atoms with Crippen LogP contribution in [0, 0.1) is 0 Å². The van der Waals surface area contributed by atoms with Crippen LogP contribution in [0.1, 0.15) is 10.1 Å². The minimum atomic E-state index is 0.213. The quantitative estimate of drug-likeness (QED) is 0.554. The highest BCUT2D eigenvalue weighted by atomic mass is 79.9. The number of fused-ring (bicyclic) bond motifs is 1. The van der Waals surface area contributed by atoms with E-state index in [2.05, 4.69) is 44.1 Å². The van der Waals surface area contributed by atoms with Gasteiger partial charge >= 0.3 is 0 Å². The second-order valence-electron chi connectivity index (χ2n) is 4.18. The molecular formula is C14H12BrN3S2. The van der Waals surface area contributed by atoms with Crippen LogP contribution in [0.2, 0.25) is 0 Å². The Labute approximate surface area is 133 Å². The Balaban J connectivity index is 1.95. The molecule has 20 heavy (non-hydrogen) atoms. The second-order valence-corrected chi connectivity index (χ2v) is 7.87. The summed E-state index contributed by atoms with van der Waals surface area (Å²) in [5.41, 5.74) is 6.90. The summed E-state index contributed by atoms with van der Waals surface area (Å²) in [6, 6.07) is 12.2. The molecule has 102 valence electrons. The summed E-state index contributed by atoms with van der Waals surface area (Å²) in [6.45, 7) is 0.579. The fourth-order valence-corrected chi connectivity index (χ4v) is 4.61. The zero-order valence-electron chi connectivity index (χ0n) is 10.5. The van der Waals surface area contributed by atoms with E-state index in [-0.39, 0.29) is 5.25 Å². The molecule has 0 saturated heterocycles. The molecule has 2 N–H and O–H groups in total. The number of rotatable bonds is 4. The summed E-state index contributed by atoms with van der Waals surface area (Å²) < 4.78 is 1.12. The van der Waals surface area contributed by atoms with Crippen molar-refractivity contribution in [3.8, 4) is 0 Å². The number of nitrogens with two attached hydrogens (primary N) is 1. The van der Waals surface area contributed by atoms with E-state index in [1.165, 1.54) is 4.88 Å². The second kappa shape index (κ2) is 6.22. The molecule has 1 aromatic carbocycles. The number of thioether (sulfide) groups is 1. The maximum atomic E-state index is 5.93. The zero-order valence-corrected chi connectivity index (χ0v) is 13.7. The number of hydrogen-bond donors (Lipinski definition) is 1. The Kier molecular flexibility index (Phi) is 4.35. The third-order valence-electron chi connectivity index (χ3n) is 2.89.